The lowest BCUT2D eigenvalue weighted by Crippen LogP contribution is -2.14. The number of nitrogens with two attached hydrogens (primary N) is 1. The molecule has 2 rings (SSSR count). The van der Waals surface area contributed by atoms with Crippen molar-refractivity contribution in [1.29, 1.82) is 0 Å². The van der Waals surface area contributed by atoms with E-state index >= 15 is 0 Å². The van der Waals surface area contributed by atoms with Gasteiger partial charge in [-0.05, 0) is 36.2 Å². The van der Waals surface area contributed by atoms with E-state index in [0.29, 0.717) is 17.0 Å². The number of hydrogen-bond acceptors (Lipinski definition) is 2. The first-order valence-corrected chi connectivity index (χ1v) is 5.92. The average molecular weight is 266 g/mol. The van der Waals surface area contributed by atoms with Gasteiger partial charge >= 0.3 is 0 Å². The highest BCUT2D eigenvalue weighted by Gasteiger charge is 2.12. The molecule has 2 nitrogen and oxygen atoms in total. The number of aromatic hydroxyl groups is 1. The smallest absolute Gasteiger partial charge is 0.129 e. The third kappa shape index (κ3) is 3.00. The number of rotatable bonds is 3. The van der Waals surface area contributed by atoms with E-state index in [0.717, 1.165) is 5.56 Å². The topological polar surface area (TPSA) is 46.2 Å². The van der Waals surface area contributed by atoms with Crippen LogP contribution in [-0.4, -0.2) is 5.11 Å². The molecule has 1 atom stereocenters. The van der Waals surface area contributed by atoms with E-state index in [9.17, 15) is 9.50 Å². The summed E-state index contributed by atoms with van der Waals surface area (Å²) in [6.45, 7) is 0. The Hall–Kier alpha value is -1.58. The van der Waals surface area contributed by atoms with Crippen molar-refractivity contribution in [3.05, 3.63) is 64.4 Å². The number of hydrogen-bond donors (Lipinski definition) is 2. The maximum Gasteiger partial charge on any atom is 0.129 e. The van der Waals surface area contributed by atoms with Crippen LogP contribution in [0.4, 0.5) is 4.39 Å². The molecule has 0 aromatic heterocycles. The largest absolute Gasteiger partial charge is 0.508 e. The zero-order valence-electron chi connectivity index (χ0n) is 9.61. The van der Waals surface area contributed by atoms with Crippen molar-refractivity contribution >= 4 is 11.6 Å². The first-order valence-electron chi connectivity index (χ1n) is 5.54. The second-order valence-electron chi connectivity index (χ2n) is 4.14. The summed E-state index contributed by atoms with van der Waals surface area (Å²) in [6, 6.07) is 10.7. The SMILES string of the molecule is NC(Cc1ccc(O)cc1)c1ccc(Cl)cc1F. The predicted octanol–water partition coefficient (Wildman–Crippen LogP) is 3.43. The lowest BCUT2D eigenvalue weighted by atomic mass is 9.99. The summed E-state index contributed by atoms with van der Waals surface area (Å²) >= 11 is 5.69. The van der Waals surface area contributed by atoms with E-state index in [1.165, 1.54) is 6.07 Å². The Balaban J connectivity index is 2.16. The van der Waals surface area contributed by atoms with Gasteiger partial charge in [-0.2, -0.15) is 0 Å². The summed E-state index contributed by atoms with van der Waals surface area (Å²) in [7, 11) is 0. The molecule has 0 saturated heterocycles. The van der Waals surface area contributed by atoms with Crippen LogP contribution in [0.1, 0.15) is 17.2 Å². The maximum absolute atomic E-state index is 13.7. The highest BCUT2D eigenvalue weighted by molar-refractivity contribution is 6.30. The molecule has 4 heteroatoms. The molecule has 2 aromatic rings. The quantitative estimate of drug-likeness (QED) is 0.893. The molecule has 1 unspecified atom stereocenters. The van der Waals surface area contributed by atoms with Crippen LogP contribution in [0.2, 0.25) is 5.02 Å². The van der Waals surface area contributed by atoms with Crippen molar-refractivity contribution < 1.29 is 9.50 Å². The minimum absolute atomic E-state index is 0.199. The van der Waals surface area contributed by atoms with Crippen LogP contribution in [0.3, 0.4) is 0 Å². The van der Waals surface area contributed by atoms with E-state index in [-0.39, 0.29) is 5.75 Å². The van der Waals surface area contributed by atoms with Crippen molar-refractivity contribution in [2.75, 3.05) is 0 Å². The van der Waals surface area contributed by atoms with E-state index < -0.39 is 11.9 Å². The van der Waals surface area contributed by atoms with Gasteiger partial charge < -0.3 is 10.8 Å². The third-order valence-electron chi connectivity index (χ3n) is 2.75. The van der Waals surface area contributed by atoms with Gasteiger partial charge in [0.05, 0.1) is 0 Å². The molecule has 0 saturated carbocycles. The summed E-state index contributed by atoms with van der Waals surface area (Å²) < 4.78 is 13.7. The highest BCUT2D eigenvalue weighted by atomic mass is 35.5. The Morgan fingerprint density at radius 3 is 2.44 bits per heavy atom. The molecular formula is C14H13ClFNO. The highest BCUT2D eigenvalue weighted by Crippen LogP contribution is 2.22. The molecule has 0 aliphatic heterocycles. The Morgan fingerprint density at radius 1 is 1.17 bits per heavy atom. The molecule has 0 spiro atoms. The summed E-state index contributed by atoms with van der Waals surface area (Å²) in [4.78, 5) is 0. The van der Waals surface area contributed by atoms with Gasteiger partial charge in [0.25, 0.3) is 0 Å². The monoisotopic (exact) mass is 265 g/mol. The number of benzene rings is 2. The molecule has 2 aromatic carbocycles. The van der Waals surface area contributed by atoms with Crippen LogP contribution in [0, 0.1) is 5.82 Å². The molecule has 0 amide bonds. The summed E-state index contributed by atoms with van der Waals surface area (Å²) in [6.07, 6.45) is 0.499. The van der Waals surface area contributed by atoms with Gasteiger partial charge in [0, 0.05) is 16.6 Å². The van der Waals surface area contributed by atoms with E-state index in [1.807, 2.05) is 0 Å². The first-order chi connectivity index (χ1) is 8.56. The zero-order valence-corrected chi connectivity index (χ0v) is 10.4. The van der Waals surface area contributed by atoms with Crippen LogP contribution in [0.5, 0.6) is 5.75 Å². The lowest BCUT2D eigenvalue weighted by Gasteiger charge is -2.13. The molecule has 0 heterocycles. The Bertz CT molecular complexity index is 542. The van der Waals surface area contributed by atoms with Crippen LogP contribution in [0.25, 0.3) is 0 Å². The molecule has 0 aliphatic rings. The maximum atomic E-state index is 13.7. The molecule has 18 heavy (non-hydrogen) atoms. The van der Waals surface area contributed by atoms with Crippen molar-refractivity contribution in [1.82, 2.24) is 0 Å². The molecule has 0 aliphatic carbocycles. The first kappa shape index (κ1) is 12.9. The molecule has 0 radical (unpaired) electrons. The van der Waals surface area contributed by atoms with Gasteiger partial charge in [-0.1, -0.05) is 29.8 Å². The Labute approximate surface area is 110 Å². The van der Waals surface area contributed by atoms with Gasteiger partial charge in [0.15, 0.2) is 0 Å². The van der Waals surface area contributed by atoms with Crippen LogP contribution in [-0.2, 0) is 6.42 Å². The minimum atomic E-state index is -0.438. The second-order valence-corrected chi connectivity index (χ2v) is 4.58. The third-order valence-corrected chi connectivity index (χ3v) is 2.99. The van der Waals surface area contributed by atoms with E-state index in [4.69, 9.17) is 17.3 Å². The fraction of sp³-hybridized carbons (Fsp3) is 0.143. The predicted molar refractivity (Wildman–Crippen MR) is 70.1 cm³/mol. The van der Waals surface area contributed by atoms with Crippen molar-refractivity contribution in [3.8, 4) is 5.75 Å². The van der Waals surface area contributed by atoms with Gasteiger partial charge in [0.1, 0.15) is 11.6 Å². The van der Waals surface area contributed by atoms with Gasteiger partial charge in [0.2, 0.25) is 0 Å². The van der Waals surface area contributed by atoms with Crippen molar-refractivity contribution in [2.24, 2.45) is 5.73 Å². The average Bonchev–Trinajstić information content (AvgIpc) is 2.32. The van der Waals surface area contributed by atoms with E-state index in [1.54, 1.807) is 36.4 Å². The standard InChI is InChI=1S/C14H13ClFNO/c15-10-3-6-12(13(16)8-10)14(17)7-9-1-4-11(18)5-2-9/h1-6,8,14,18H,7,17H2. The lowest BCUT2D eigenvalue weighted by molar-refractivity contribution is 0.475. The zero-order chi connectivity index (χ0) is 13.1. The molecule has 0 bridgehead atoms. The fourth-order valence-electron chi connectivity index (χ4n) is 1.80. The molecule has 94 valence electrons. The molecular weight excluding hydrogens is 253 g/mol. The van der Waals surface area contributed by atoms with Gasteiger partial charge in [-0.15, -0.1) is 0 Å². The molecule has 3 N–H and O–H groups in total. The second kappa shape index (κ2) is 5.38. The summed E-state index contributed by atoms with van der Waals surface area (Å²) in [5.74, 6) is -0.196. The van der Waals surface area contributed by atoms with Crippen LogP contribution < -0.4 is 5.73 Å². The van der Waals surface area contributed by atoms with Crippen LogP contribution >= 0.6 is 11.6 Å². The fourth-order valence-corrected chi connectivity index (χ4v) is 1.96. The van der Waals surface area contributed by atoms with Crippen molar-refractivity contribution in [3.63, 3.8) is 0 Å². The van der Waals surface area contributed by atoms with Gasteiger partial charge in [-0.25, -0.2) is 4.39 Å². The summed E-state index contributed by atoms with van der Waals surface area (Å²) in [5, 5.41) is 9.53. The number of halogens is 2. The van der Waals surface area contributed by atoms with Crippen molar-refractivity contribution in [2.45, 2.75) is 12.5 Å². The Morgan fingerprint density at radius 2 is 1.83 bits per heavy atom. The van der Waals surface area contributed by atoms with Crippen LogP contribution in [0.15, 0.2) is 42.5 Å². The Kier molecular flexibility index (Phi) is 3.84. The minimum Gasteiger partial charge on any atom is -0.508 e. The van der Waals surface area contributed by atoms with Gasteiger partial charge in [-0.3, -0.25) is 0 Å². The molecule has 0 fully saturated rings. The number of phenols is 1. The summed E-state index contributed by atoms with van der Waals surface area (Å²) in [5.41, 5.74) is 7.35. The number of phenolic OH excluding ortho intramolecular Hbond substituents is 1. The normalized spacial score (nSPS) is 12.4. The van der Waals surface area contributed by atoms with E-state index in [2.05, 4.69) is 0 Å².